The molecule has 2 heteroatoms. The van der Waals surface area contributed by atoms with Crippen molar-refractivity contribution in [2.24, 2.45) is 11.8 Å². The third kappa shape index (κ3) is 2.48. The van der Waals surface area contributed by atoms with Crippen molar-refractivity contribution in [1.29, 1.82) is 0 Å². The molecule has 2 aliphatic rings. The van der Waals surface area contributed by atoms with Gasteiger partial charge in [0.25, 0.3) is 0 Å². The van der Waals surface area contributed by atoms with E-state index in [0.717, 1.165) is 17.9 Å². The molecule has 0 aliphatic heterocycles. The monoisotopic (exact) mass is 197 g/mol. The van der Waals surface area contributed by atoms with E-state index >= 15 is 0 Å². The highest BCUT2D eigenvalue weighted by Crippen LogP contribution is 2.44. The van der Waals surface area contributed by atoms with E-state index in [0.29, 0.717) is 12.1 Å². The highest BCUT2D eigenvalue weighted by atomic mass is 16.5. The molecule has 0 saturated heterocycles. The quantitative estimate of drug-likeness (QED) is 0.704. The number of hydrogen-bond acceptors (Lipinski definition) is 2. The molecule has 2 aliphatic carbocycles. The fourth-order valence-electron chi connectivity index (χ4n) is 2.21. The van der Waals surface area contributed by atoms with Crippen LogP contribution in [-0.4, -0.2) is 25.3 Å². The van der Waals surface area contributed by atoms with Gasteiger partial charge >= 0.3 is 0 Å². The van der Waals surface area contributed by atoms with Gasteiger partial charge in [-0.3, -0.25) is 0 Å². The number of nitrogens with one attached hydrogen (secondary N) is 1. The molecule has 82 valence electrons. The summed E-state index contributed by atoms with van der Waals surface area (Å²) in [5.41, 5.74) is 0. The number of rotatable bonds is 6. The van der Waals surface area contributed by atoms with Crippen molar-refractivity contribution in [3.63, 3.8) is 0 Å². The Hall–Kier alpha value is -0.0800. The van der Waals surface area contributed by atoms with Crippen LogP contribution < -0.4 is 5.32 Å². The van der Waals surface area contributed by atoms with Crippen LogP contribution in [0.3, 0.4) is 0 Å². The zero-order chi connectivity index (χ0) is 10.1. The zero-order valence-electron chi connectivity index (χ0n) is 9.62. The van der Waals surface area contributed by atoms with Crippen LogP contribution in [0.1, 0.15) is 39.5 Å². The lowest BCUT2D eigenvalue weighted by Gasteiger charge is -2.26. The van der Waals surface area contributed by atoms with E-state index in [1.807, 2.05) is 0 Å². The molecule has 0 amide bonds. The fraction of sp³-hybridized carbons (Fsp3) is 1.00. The van der Waals surface area contributed by atoms with Gasteiger partial charge in [-0.2, -0.15) is 0 Å². The molecule has 0 radical (unpaired) electrons. The minimum atomic E-state index is 0.329. The maximum Gasteiger partial charge on any atom is 0.0693 e. The first-order valence-electron chi connectivity index (χ1n) is 6.01. The van der Waals surface area contributed by atoms with Gasteiger partial charge in [0.1, 0.15) is 0 Å². The van der Waals surface area contributed by atoms with Crippen molar-refractivity contribution < 1.29 is 4.74 Å². The number of methoxy groups -OCH3 is 1. The molecular formula is C12H23NO. The van der Waals surface area contributed by atoms with Crippen LogP contribution in [0.25, 0.3) is 0 Å². The predicted octanol–water partition coefficient (Wildman–Crippen LogP) is 2.19. The molecule has 2 unspecified atom stereocenters. The predicted molar refractivity (Wildman–Crippen MR) is 58.3 cm³/mol. The molecule has 2 rings (SSSR count). The first-order chi connectivity index (χ1) is 6.72. The second kappa shape index (κ2) is 4.19. The molecule has 1 N–H and O–H groups in total. The molecule has 2 saturated carbocycles. The average Bonchev–Trinajstić information content (AvgIpc) is 3.04. The van der Waals surface area contributed by atoms with E-state index in [9.17, 15) is 0 Å². The molecule has 2 atom stereocenters. The molecule has 0 spiro atoms. The molecule has 0 bridgehead atoms. The van der Waals surface area contributed by atoms with Gasteiger partial charge in [0.05, 0.1) is 6.10 Å². The summed E-state index contributed by atoms with van der Waals surface area (Å²) in [5.74, 6) is 1.96. The Balaban J connectivity index is 1.80. The SMILES string of the molecule is COC(C)C(C)NC(C1CC1)C1CC1. The summed E-state index contributed by atoms with van der Waals surface area (Å²) in [6.07, 6.45) is 6.12. The summed E-state index contributed by atoms with van der Waals surface area (Å²) < 4.78 is 5.35. The lowest BCUT2D eigenvalue weighted by atomic mass is 10.1. The summed E-state index contributed by atoms with van der Waals surface area (Å²) in [6.45, 7) is 4.39. The Morgan fingerprint density at radius 1 is 1.07 bits per heavy atom. The molecule has 0 aromatic carbocycles. The summed E-state index contributed by atoms with van der Waals surface area (Å²) in [7, 11) is 1.80. The van der Waals surface area contributed by atoms with Gasteiger partial charge in [-0.25, -0.2) is 0 Å². The largest absolute Gasteiger partial charge is 0.380 e. The second-order valence-electron chi connectivity index (χ2n) is 5.10. The highest BCUT2D eigenvalue weighted by molar-refractivity contribution is 4.97. The van der Waals surface area contributed by atoms with Gasteiger partial charge < -0.3 is 10.1 Å². The van der Waals surface area contributed by atoms with E-state index in [2.05, 4.69) is 19.2 Å². The van der Waals surface area contributed by atoms with Crippen LogP contribution in [-0.2, 0) is 4.74 Å². The van der Waals surface area contributed by atoms with Crippen molar-refractivity contribution in [3.8, 4) is 0 Å². The van der Waals surface area contributed by atoms with Crippen LogP contribution in [0.5, 0.6) is 0 Å². The Morgan fingerprint density at radius 3 is 1.93 bits per heavy atom. The third-order valence-electron chi connectivity index (χ3n) is 3.79. The minimum Gasteiger partial charge on any atom is -0.380 e. The molecule has 14 heavy (non-hydrogen) atoms. The van der Waals surface area contributed by atoms with E-state index in [-0.39, 0.29) is 0 Å². The molecule has 0 aromatic rings. The average molecular weight is 197 g/mol. The fourth-order valence-corrected chi connectivity index (χ4v) is 2.21. The van der Waals surface area contributed by atoms with Gasteiger partial charge in [0, 0.05) is 19.2 Å². The topological polar surface area (TPSA) is 21.3 Å². The third-order valence-corrected chi connectivity index (χ3v) is 3.79. The Kier molecular flexibility index (Phi) is 3.13. The molecular weight excluding hydrogens is 174 g/mol. The summed E-state index contributed by atoms with van der Waals surface area (Å²) in [4.78, 5) is 0. The van der Waals surface area contributed by atoms with Crippen molar-refractivity contribution in [2.75, 3.05) is 7.11 Å². The lowest BCUT2D eigenvalue weighted by molar-refractivity contribution is 0.0817. The second-order valence-corrected chi connectivity index (χ2v) is 5.10. The lowest BCUT2D eigenvalue weighted by Crippen LogP contribution is -2.45. The summed E-state index contributed by atoms with van der Waals surface area (Å²) in [6, 6.07) is 1.29. The molecule has 2 fully saturated rings. The zero-order valence-corrected chi connectivity index (χ0v) is 9.62. The van der Waals surface area contributed by atoms with Crippen molar-refractivity contribution in [1.82, 2.24) is 5.32 Å². The summed E-state index contributed by atoms with van der Waals surface area (Å²) >= 11 is 0. The molecule has 2 nitrogen and oxygen atoms in total. The smallest absolute Gasteiger partial charge is 0.0693 e. The van der Waals surface area contributed by atoms with Crippen LogP contribution in [0.2, 0.25) is 0 Å². The summed E-state index contributed by atoms with van der Waals surface area (Å²) in [5, 5.41) is 3.77. The van der Waals surface area contributed by atoms with E-state index in [4.69, 9.17) is 4.74 Å². The highest BCUT2D eigenvalue weighted by Gasteiger charge is 2.42. The Labute approximate surface area is 87.4 Å². The first kappa shape index (κ1) is 10.4. The van der Waals surface area contributed by atoms with Gasteiger partial charge in [-0.05, 0) is 51.4 Å². The number of hydrogen-bond donors (Lipinski definition) is 1. The van der Waals surface area contributed by atoms with Gasteiger partial charge in [0.15, 0.2) is 0 Å². The van der Waals surface area contributed by atoms with E-state index in [1.165, 1.54) is 25.7 Å². The van der Waals surface area contributed by atoms with Crippen molar-refractivity contribution in [2.45, 2.75) is 57.7 Å². The van der Waals surface area contributed by atoms with Crippen molar-refractivity contribution >= 4 is 0 Å². The van der Waals surface area contributed by atoms with Gasteiger partial charge in [0.2, 0.25) is 0 Å². The van der Waals surface area contributed by atoms with E-state index < -0.39 is 0 Å². The molecule has 0 heterocycles. The molecule has 0 aromatic heterocycles. The van der Waals surface area contributed by atoms with Gasteiger partial charge in [-0.1, -0.05) is 0 Å². The Morgan fingerprint density at radius 2 is 1.57 bits per heavy atom. The van der Waals surface area contributed by atoms with Crippen LogP contribution in [0.15, 0.2) is 0 Å². The van der Waals surface area contributed by atoms with Crippen LogP contribution in [0, 0.1) is 11.8 Å². The normalized spacial score (nSPS) is 26.6. The van der Waals surface area contributed by atoms with Gasteiger partial charge in [-0.15, -0.1) is 0 Å². The van der Waals surface area contributed by atoms with Crippen LogP contribution >= 0.6 is 0 Å². The Bertz CT molecular complexity index is 175. The van der Waals surface area contributed by atoms with E-state index in [1.54, 1.807) is 7.11 Å². The maximum atomic E-state index is 5.35. The first-order valence-corrected chi connectivity index (χ1v) is 6.01. The minimum absolute atomic E-state index is 0.329. The standard InChI is InChI=1S/C12H23NO/c1-8(9(2)14-3)13-12(10-4-5-10)11-6-7-11/h8-13H,4-7H2,1-3H3. The maximum absolute atomic E-state index is 5.35. The van der Waals surface area contributed by atoms with Crippen LogP contribution in [0.4, 0.5) is 0 Å². The number of ether oxygens (including phenoxy) is 1. The van der Waals surface area contributed by atoms with Crippen molar-refractivity contribution in [3.05, 3.63) is 0 Å².